The average Bonchev–Trinajstić information content (AvgIpc) is 3.58. The largest absolute Gasteiger partial charge is 0.444 e. The highest BCUT2D eigenvalue weighted by molar-refractivity contribution is 5.84. The van der Waals surface area contributed by atoms with E-state index < -0.39 is 5.60 Å². The molecule has 0 aliphatic carbocycles. The predicted molar refractivity (Wildman–Crippen MR) is 164 cm³/mol. The molecule has 2 fully saturated rings. The Morgan fingerprint density at radius 2 is 1.86 bits per heavy atom. The minimum atomic E-state index is -0.491. The quantitative estimate of drug-likeness (QED) is 0.290. The van der Waals surface area contributed by atoms with E-state index >= 15 is 0 Å². The molecule has 10 nitrogen and oxygen atoms in total. The van der Waals surface area contributed by atoms with Crippen LogP contribution >= 0.6 is 0 Å². The lowest BCUT2D eigenvalue weighted by atomic mass is 9.72. The van der Waals surface area contributed by atoms with E-state index in [2.05, 4.69) is 38.9 Å². The number of nitriles is 1. The van der Waals surface area contributed by atoms with Gasteiger partial charge in [-0.2, -0.15) is 15.5 Å². The van der Waals surface area contributed by atoms with Crippen molar-refractivity contribution in [2.75, 3.05) is 26.2 Å². The van der Waals surface area contributed by atoms with Gasteiger partial charge in [-0.25, -0.2) is 14.3 Å². The molecule has 0 aromatic carbocycles. The molecular weight excluding hydrogens is 528 g/mol. The topological polar surface area (TPSA) is 104 Å². The van der Waals surface area contributed by atoms with E-state index in [4.69, 9.17) is 4.74 Å². The van der Waals surface area contributed by atoms with Crippen LogP contribution in [-0.4, -0.2) is 73.8 Å². The zero-order chi connectivity index (χ0) is 30.1. The van der Waals surface area contributed by atoms with Gasteiger partial charge in [0.05, 0.1) is 23.5 Å². The first-order chi connectivity index (χ1) is 20.0. The number of likely N-dealkylation sites (tertiary alicyclic amines) is 2. The van der Waals surface area contributed by atoms with Gasteiger partial charge in [0, 0.05) is 62.3 Å². The number of aliphatic imine (C=N–C) groups is 1. The molecule has 0 bridgehead atoms. The van der Waals surface area contributed by atoms with Crippen molar-refractivity contribution in [1.29, 1.82) is 5.26 Å². The second-order valence-electron chi connectivity index (χ2n) is 12.5. The smallest absolute Gasteiger partial charge is 0.410 e. The molecule has 0 atom stereocenters. The Morgan fingerprint density at radius 3 is 2.50 bits per heavy atom. The van der Waals surface area contributed by atoms with Crippen LogP contribution in [0.2, 0.25) is 0 Å². The Bertz CT molecular complexity index is 1590. The summed E-state index contributed by atoms with van der Waals surface area (Å²) >= 11 is 0. The van der Waals surface area contributed by atoms with Crippen molar-refractivity contribution in [2.24, 2.45) is 17.5 Å². The zero-order valence-electron chi connectivity index (χ0n) is 25.3. The highest BCUT2D eigenvalue weighted by Crippen LogP contribution is 2.41. The molecule has 0 saturated carbocycles. The second-order valence-corrected chi connectivity index (χ2v) is 12.5. The highest BCUT2D eigenvalue weighted by atomic mass is 16.6. The maximum absolute atomic E-state index is 12.6. The number of piperidine rings is 2. The van der Waals surface area contributed by atoms with E-state index in [0.717, 1.165) is 72.4 Å². The fourth-order valence-corrected chi connectivity index (χ4v) is 6.08. The van der Waals surface area contributed by atoms with E-state index in [1.807, 2.05) is 70.4 Å². The summed E-state index contributed by atoms with van der Waals surface area (Å²) in [4.78, 5) is 21.2. The molecule has 3 aromatic heterocycles. The summed E-state index contributed by atoms with van der Waals surface area (Å²) in [5.41, 5.74) is 4.80. The Balaban J connectivity index is 1.37. The van der Waals surface area contributed by atoms with Crippen molar-refractivity contribution >= 4 is 23.9 Å². The maximum Gasteiger partial charge on any atom is 0.410 e. The number of rotatable bonds is 5. The van der Waals surface area contributed by atoms with E-state index in [9.17, 15) is 10.1 Å². The zero-order valence-corrected chi connectivity index (χ0v) is 25.3. The lowest BCUT2D eigenvalue weighted by molar-refractivity contribution is -0.00221. The summed E-state index contributed by atoms with van der Waals surface area (Å²) in [5.74, 6) is 0.830. The number of nitrogens with zero attached hydrogens (tertiary/aromatic N) is 8. The normalized spacial score (nSPS) is 17.9. The van der Waals surface area contributed by atoms with Crippen molar-refractivity contribution < 1.29 is 9.53 Å². The van der Waals surface area contributed by atoms with E-state index in [0.29, 0.717) is 18.7 Å². The summed E-state index contributed by atoms with van der Waals surface area (Å²) in [5, 5.41) is 18.5. The number of hydrogen-bond donors (Lipinski definition) is 0. The van der Waals surface area contributed by atoms with Crippen molar-refractivity contribution in [3.63, 3.8) is 0 Å². The Kier molecular flexibility index (Phi) is 7.95. The molecule has 5 rings (SSSR count). The van der Waals surface area contributed by atoms with Crippen LogP contribution in [0.25, 0.3) is 22.2 Å². The fraction of sp³-hybridized carbons (Fsp3) is 0.469. The number of carbonyl (C=O) groups excluding carboxylic acids is 1. The number of ether oxygens (including phenoxy) is 1. The van der Waals surface area contributed by atoms with Crippen LogP contribution in [0.3, 0.4) is 0 Å². The minimum absolute atomic E-state index is 0.142. The van der Waals surface area contributed by atoms with Crippen LogP contribution in [0.5, 0.6) is 0 Å². The number of aromatic nitrogens is 4. The van der Waals surface area contributed by atoms with E-state index in [1.165, 1.54) is 0 Å². The van der Waals surface area contributed by atoms with Crippen molar-refractivity contribution in [1.82, 2.24) is 29.2 Å². The number of pyridine rings is 1. The molecule has 0 radical (unpaired) electrons. The van der Waals surface area contributed by atoms with Gasteiger partial charge in [0.15, 0.2) is 0 Å². The number of fused-ring (bicyclic) bond motifs is 1. The number of amides is 1. The van der Waals surface area contributed by atoms with Gasteiger partial charge in [0.2, 0.25) is 0 Å². The van der Waals surface area contributed by atoms with Crippen LogP contribution in [0.15, 0.2) is 53.8 Å². The first-order valence-electron chi connectivity index (χ1n) is 14.5. The third-order valence-electron chi connectivity index (χ3n) is 8.30. The monoisotopic (exact) mass is 568 g/mol. The molecule has 42 heavy (non-hydrogen) atoms. The molecule has 0 unspecified atom stereocenters. The molecule has 1 spiro atoms. The van der Waals surface area contributed by atoms with Crippen molar-refractivity contribution in [3.8, 4) is 17.2 Å². The molecule has 3 aromatic rings. The SMILES string of the molecule is C=N/C(=C\C=C(/C)c1cc(-c2cnn(C)c2)cn2ncc(C#N)c12)N1CCCC2(CCN(C(=O)OC(C)(C)C)CC2)C1. The van der Waals surface area contributed by atoms with Gasteiger partial charge >= 0.3 is 6.09 Å². The minimum Gasteiger partial charge on any atom is -0.444 e. The Hall–Kier alpha value is -4.39. The Morgan fingerprint density at radius 1 is 1.10 bits per heavy atom. The summed E-state index contributed by atoms with van der Waals surface area (Å²) in [6.45, 7) is 14.8. The third kappa shape index (κ3) is 6.10. The van der Waals surface area contributed by atoms with Crippen LogP contribution in [0.4, 0.5) is 4.79 Å². The van der Waals surface area contributed by atoms with Gasteiger partial charge in [-0.1, -0.05) is 6.08 Å². The first-order valence-corrected chi connectivity index (χ1v) is 14.5. The lowest BCUT2D eigenvalue weighted by Crippen LogP contribution is -2.51. The van der Waals surface area contributed by atoms with Crippen LogP contribution < -0.4 is 0 Å². The molecule has 2 aliphatic heterocycles. The standard InChI is InChI=1S/C32H40N8O2/c1-23(27-16-24(26-19-35-37(6)20-26)21-40-29(27)25(17-33)18-36-40)8-9-28(34-5)39-13-7-10-32(22-39)11-14-38(15-12-32)30(41)42-31(2,3)4/h8-9,16,18-21H,5,7,10-15,22H2,1-4,6H3/b23-8+,28-9+. The van der Waals surface area contributed by atoms with E-state index in [1.54, 1.807) is 15.4 Å². The predicted octanol–water partition coefficient (Wildman–Crippen LogP) is 5.66. The number of aryl methyl sites for hydroxylation is 1. The van der Waals surface area contributed by atoms with Crippen LogP contribution in [-0.2, 0) is 11.8 Å². The third-order valence-corrected chi connectivity index (χ3v) is 8.30. The molecule has 10 heteroatoms. The summed E-state index contributed by atoms with van der Waals surface area (Å²) < 4.78 is 9.13. The number of hydrogen-bond acceptors (Lipinski definition) is 7. The molecule has 0 N–H and O–H groups in total. The van der Waals surface area contributed by atoms with Gasteiger partial charge in [0.1, 0.15) is 17.5 Å². The van der Waals surface area contributed by atoms with E-state index in [-0.39, 0.29) is 11.5 Å². The average molecular weight is 569 g/mol. The second kappa shape index (κ2) is 11.5. The molecule has 5 heterocycles. The summed E-state index contributed by atoms with van der Waals surface area (Å²) in [7, 11) is 1.89. The molecule has 2 aliphatic rings. The maximum atomic E-state index is 12.6. The highest BCUT2D eigenvalue weighted by Gasteiger charge is 2.40. The van der Waals surface area contributed by atoms with Crippen LogP contribution in [0, 0.1) is 16.7 Å². The Labute approximate surface area is 247 Å². The van der Waals surface area contributed by atoms with Crippen molar-refractivity contribution in [2.45, 2.75) is 59.0 Å². The lowest BCUT2D eigenvalue weighted by Gasteiger charge is -2.48. The van der Waals surface area contributed by atoms with Crippen LogP contribution in [0.1, 0.15) is 64.5 Å². The fourth-order valence-electron chi connectivity index (χ4n) is 6.08. The number of carbonyl (C=O) groups is 1. The molecule has 2 saturated heterocycles. The van der Waals surface area contributed by atoms with Gasteiger partial charge in [0.25, 0.3) is 0 Å². The molecule has 220 valence electrons. The van der Waals surface area contributed by atoms with Gasteiger partial charge in [-0.15, -0.1) is 0 Å². The summed E-state index contributed by atoms with van der Waals surface area (Å²) in [6.07, 6.45) is 15.3. The summed E-state index contributed by atoms with van der Waals surface area (Å²) in [6, 6.07) is 4.37. The van der Waals surface area contributed by atoms with Gasteiger partial charge in [-0.05, 0) is 83.2 Å². The molecule has 1 amide bonds. The van der Waals surface area contributed by atoms with Gasteiger partial charge in [-0.3, -0.25) is 4.68 Å². The molecular formula is C32H40N8O2. The number of allylic oxidation sites excluding steroid dienone is 3. The van der Waals surface area contributed by atoms with Gasteiger partial charge < -0.3 is 14.5 Å². The first kappa shape index (κ1) is 29.1. The van der Waals surface area contributed by atoms with Crippen molar-refractivity contribution in [3.05, 3.63) is 60.0 Å².